The van der Waals surface area contributed by atoms with Crippen molar-refractivity contribution >= 4 is 23.1 Å². The van der Waals surface area contributed by atoms with Crippen molar-refractivity contribution in [2.45, 2.75) is 19.3 Å². The van der Waals surface area contributed by atoms with Gasteiger partial charge in [-0.2, -0.15) is 0 Å². The standard InChI is InChI=1S/C27H32N4O2/c1-28-25-17-23(13-14-26(25)33-24-7-5-4-6-8-24)30-27(32)29-22-12-11-20-15-19(18-31(2)3)9-10-21(20)16-22/h4-8,11-14,16-17,19,28H,9-10,15,18H2,1-3H3,(H2,29,30,32). The van der Waals surface area contributed by atoms with E-state index >= 15 is 0 Å². The molecule has 3 N–H and O–H groups in total. The second-order valence-electron chi connectivity index (χ2n) is 8.81. The van der Waals surface area contributed by atoms with E-state index in [9.17, 15) is 4.79 Å². The molecule has 0 aromatic heterocycles. The lowest BCUT2D eigenvalue weighted by Gasteiger charge is -2.27. The number of aryl methyl sites for hydroxylation is 1. The molecule has 1 atom stereocenters. The molecule has 3 aromatic rings. The largest absolute Gasteiger partial charge is 0.455 e. The summed E-state index contributed by atoms with van der Waals surface area (Å²) < 4.78 is 5.94. The Morgan fingerprint density at radius 2 is 1.70 bits per heavy atom. The molecular weight excluding hydrogens is 412 g/mol. The molecule has 0 aliphatic heterocycles. The van der Waals surface area contributed by atoms with Crippen molar-refractivity contribution in [2.24, 2.45) is 5.92 Å². The summed E-state index contributed by atoms with van der Waals surface area (Å²) in [6, 6.07) is 21.1. The van der Waals surface area contributed by atoms with Crippen molar-refractivity contribution < 1.29 is 9.53 Å². The molecule has 6 heteroatoms. The average Bonchev–Trinajstić information content (AvgIpc) is 2.80. The van der Waals surface area contributed by atoms with Crippen molar-refractivity contribution in [3.8, 4) is 11.5 Å². The number of nitrogens with one attached hydrogen (secondary N) is 3. The van der Waals surface area contributed by atoms with Crippen LogP contribution < -0.4 is 20.7 Å². The van der Waals surface area contributed by atoms with Crippen LogP contribution in [0.25, 0.3) is 0 Å². The summed E-state index contributed by atoms with van der Waals surface area (Å²) in [5.41, 5.74) is 5.02. The first-order valence-corrected chi connectivity index (χ1v) is 11.4. The van der Waals surface area contributed by atoms with Crippen LogP contribution in [0.4, 0.5) is 21.9 Å². The van der Waals surface area contributed by atoms with Gasteiger partial charge in [0.2, 0.25) is 0 Å². The summed E-state index contributed by atoms with van der Waals surface area (Å²) in [6.45, 7) is 1.12. The second kappa shape index (κ2) is 10.4. The first kappa shape index (κ1) is 22.7. The number of urea groups is 1. The second-order valence-corrected chi connectivity index (χ2v) is 8.81. The Bertz CT molecular complexity index is 1100. The zero-order valence-corrected chi connectivity index (χ0v) is 19.5. The van der Waals surface area contributed by atoms with Crippen LogP contribution in [0.5, 0.6) is 11.5 Å². The lowest BCUT2D eigenvalue weighted by atomic mass is 9.83. The third kappa shape index (κ3) is 6.05. The molecule has 1 aliphatic carbocycles. The van der Waals surface area contributed by atoms with Gasteiger partial charge in [0.15, 0.2) is 5.75 Å². The van der Waals surface area contributed by atoms with Gasteiger partial charge in [0.05, 0.1) is 5.69 Å². The average molecular weight is 445 g/mol. The number of benzene rings is 3. The van der Waals surface area contributed by atoms with Gasteiger partial charge < -0.3 is 25.6 Å². The van der Waals surface area contributed by atoms with Crippen molar-refractivity contribution in [1.29, 1.82) is 0 Å². The summed E-state index contributed by atoms with van der Waals surface area (Å²) in [4.78, 5) is 14.9. The highest BCUT2D eigenvalue weighted by Crippen LogP contribution is 2.32. The molecule has 0 saturated heterocycles. The first-order chi connectivity index (χ1) is 16.0. The highest BCUT2D eigenvalue weighted by Gasteiger charge is 2.19. The highest BCUT2D eigenvalue weighted by atomic mass is 16.5. The number of nitrogens with zero attached hydrogens (tertiary/aromatic N) is 1. The number of carbonyl (C=O) groups is 1. The number of amides is 2. The van der Waals surface area contributed by atoms with Gasteiger partial charge in [-0.1, -0.05) is 24.3 Å². The minimum absolute atomic E-state index is 0.268. The number of anilines is 3. The van der Waals surface area contributed by atoms with E-state index in [0.717, 1.165) is 36.5 Å². The van der Waals surface area contributed by atoms with Gasteiger partial charge in [0.25, 0.3) is 0 Å². The lowest BCUT2D eigenvalue weighted by Crippen LogP contribution is -2.26. The minimum Gasteiger partial charge on any atom is -0.455 e. The summed E-state index contributed by atoms with van der Waals surface area (Å²) in [7, 11) is 6.09. The normalized spacial score (nSPS) is 15.0. The van der Waals surface area contributed by atoms with Gasteiger partial charge in [0, 0.05) is 25.0 Å². The van der Waals surface area contributed by atoms with Crippen LogP contribution in [0.15, 0.2) is 66.7 Å². The number of rotatable bonds is 7. The first-order valence-electron chi connectivity index (χ1n) is 11.4. The smallest absolute Gasteiger partial charge is 0.323 e. The van der Waals surface area contributed by atoms with Gasteiger partial charge in [0.1, 0.15) is 5.75 Å². The summed E-state index contributed by atoms with van der Waals surface area (Å²) in [5, 5.41) is 9.01. The van der Waals surface area contributed by atoms with Crippen LogP contribution in [0.2, 0.25) is 0 Å². The molecule has 1 aliphatic rings. The minimum atomic E-state index is -0.268. The third-order valence-electron chi connectivity index (χ3n) is 5.90. The SMILES string of the molecule is CNc1cc(NC(=O)Nc2ccc3c(c2)CCC(CN(C)C)C3)ccc1Oc1ccccc1. The van der Waals surface area contributed by atoms with E-state index in [1.165, 1.54) is 17.5 Å². The molecule has 172 valence electrons. The van der Waals surface area contributed by atoms with Gasteiger partial charge in [-0.25, -0.2) is 4.79 Å². The molecule has 6 nitrogen and oxygen atoms in total. The van der Waals surface area contributed by atoms with Crippen LogP contribution >= 0.6 is 0 Å². The topological polar surface area (TPSA) is 65.6 Å². The van der Waals surface area contributed by atoms with Crippen LogP contribution in [0.1, 0.15) is 17.5 Å². The van der Waals surface area contributed by atoms with E-state index < -0.39 is 0 Å². The molecule has 3 aromatic carbocycles. The Morgan fingerprint density at radius 3 is 2.42 bits per heavy atom. The maximum atomic E-state index is 12.6. The molecule has 2 amide bonds. The fourth-order valence-electron chi connectivity index (χ4n) is 4.38. The fraction of sp³-hybridized carbons (Fsp3) is 0.296. The van der Waals surface area contributed by atoms with E-state index in [-0.39, 0.29) is 6.03 Å². The predicted molar refractivity (Wildman–Crippen MR) is 136 cm³/mol. The van der Waals surface area contributed by atoms with Gasteiger partial charge in [-0.05, 0) is 92.9 Å². The van der Waals surface area contributed by atoms with Crippen molar-refractivity contribution in [2.75, 3.05) is 43.6 Å². The molecular formula is C27H32N4O2. The predicted octanol–water partition coefficient (Wildman–Crippen LogP) is 5.83. The number of ether oxygens (including phenoxy) is 1. The van der Waals surface area contributed by atoms with E-state index in [2.05, 4.69) is 47.1 Å². The van der Waals surface area contributed by atoms with Crippen LogP contribution in [0, 0.1) is 5.92 Å². The quantitative estimate of drug-likeness (QED) is 0.429. The van der Waals surface area contributed by atoms with Crippen molar-refractivity contribution in [3.05, 3.63) is 77.9 Å². The molecule has 4 rings (SSSR count). The van der Waals surface area contributed by atoms with E-state index in [4.69, 9.17) is 4.74 Å². The van der Waals surface area contributed by atoms with Gasteiger partial charge >= 0.3 is 6.03 Å². The van der Waals surface area contributed by atoms with E-state index in [1.807, 2.05) is 61.6 Å². The van der Waals surface area contributed by atoms with Crippen molar-refractivity contribution in [1.82, 2.24) is 4.90 Å². The monoisotopic (exact) mass is 444 g/mol. The summed E-state index contributed by atoms with van der Waals surface area (Å²) in [6.07, 6.45) is 3.34. The highest BCUT2D eigenvalue weighted by molar-refractivity contribution is 6.00. The van der Waals surface area contributed by atoms with Gasteiger partial charge in [-0.3, -0.25) is 0 Å². The molecule has 0 saturated carbocycles. The summed E-state index contributed by atoms with van der Waals surface area (Å²) in [5.74, 6) is 2.15. The number of hydrogen-bond acceptors (Lipinski definition) is 4. The zero-order valence-electron chi connectivity index (χ0n) is 19.5. The molecule has 0 bridgehead atoms. The molecule has 0 spiro atoms. The van der Waals surface area contributed by atoms with Crippen LogP contribution in [0.3, 0.4) is 0 Å². The summed E-state index contributed by atoms with van der Waals surface area (Å²) >= 11 is 0. The Morgan fingerprint density at radius 1 is 0.970 bits per heavy atom. The van der Waals surface area contributed by atoms with Gasteiger partial charge in [-0.15, -0.1) is 0 Å². The number of hydrogen-bond donors (Lipinski definition) is 3. The Kier molecular flexibility index (Phi) is 7.15. The third-order valence-corrected chi connectivity index (χ3v) is 5.90. The number of carbonyl (C=O) groups excluding carboxylic acids is 1. The number of fused-ring (bicyclic) bond motifs is 1. The van der Waals surface area contributed by atoms with E-state index in [0.29, 0.717) is 17.4 Å². The molecule has 0 radical (unpaired) electrons. The molecule has 1 unspecified atom stereocenters. The van der Waals surface area contributed by atoms with Crippen LogP contribution in [-0.4, -0.2) is 38.6 Å². The molecule has 0 fully saturated rings. The fourth-order valence-corrected chi connectivity index (χ4v) is 4.38. The Balaban J connectivity index is 1.38. The maximum Gasteiger partial charge on any atom is 0.323 e. The molecule has 33 heavy (non-hydrogen) atoms. The lowest BCUT2D eigenvalue weighted by molar-refractivity contribution is 0.262. The maximum absolute atomic E-state index is 12.6. The zero-order chi connectivity index (χ0) is 23.2. The van der Waals surface area contributed by atoms with Crippen LogP contribution in [-0.2, 0) is 12.8 Å². The Hall–Kier alpha value is -3.51. The Labute approximate surface area is 196 Å². The number of para-hydroxylation sites is 1. The van der Waals surface area contributed by atoms with E-state index in [1.54, 1.807) is 0 Å². The molecule has 0 heterocycles. The van der Waals surface area contributed by atoms with Crippen molar-refractivity contribution in [3.63, 3.8) is 0 Å².